The van der Waals surface area contributed by atoms with E-state index in [2.05, 4.69) is 32.7 Å². The summed E-state index contributed by atoms with van der Waals surface area (Å²) in [7, 11) is 3.69. The molecule has 0 aliphatic carbocycles. The number of nitrogens with one attached hydrogen (secondary N) is 1. The molecule has 4 heterocycles. The van der Waals surface area contributed by atoms with Gasteiger partial charge >= 0.3 is 12.1 Å². The van der Waals surface area contributed by atoms with Crippen LogP contribution in [-0.4, -0.2) is 105 Å². The highest BCUT2D eigenvalue weighted by Gasteiger charge is 2.58. The van der Waals surface area contributed by atoms with E-state index in [0.717, 1.165) is 6.42 Å². The van der Waals surface area contributed by atoms with Gasteiger partial charge in [0.15, 0.2) is 10.6 Å². The lowest BCUT2D eigenvalue weighted by atomic mass is 9.62. The second-order valence-corrected chi connectivity index (χ2v) is 14.8. The number of esters is 1. The number of nitrogens with zero attached hydrogens (tertiary/aromatic N) is 6. The normalized spacial score (nSPS) is 34.3. The first-order valence-electron chi connectivity index (χ1n) is 16.7. The third-order valence-electron chi connectivity index (χ3n) is 10.4. The molecule has 16 heteroatoms. The molecule has 2 fully saturated rings. The quantitative estimate of drug-likeness (QED) is 0.182. The number of nitrogens with two attached hydrogens (primary N) is 1. The molecule has 2 aliphatic heterocycles. The number of methoxy groups -OCH3 is 1. The van der Waals surface area contributed by atoms with E-state index in [-0.39, 0.29) is 23.6 Å². The van der Waals surface area contributed by atoms with Gasteiger partial charge in [0.2, 0.25) is 5.13 Å². The fourth-order valence-corrected chi connectivity index (χ4v) is 7.79. The van der Waals surface area contributed by atoms with E-state index in [1.165, 1.54) is 11.3 Å². The van der Waals surface area contributed by atoms with Crippen molar-refractivity contribution in [3.63, 3.8) is 0 Å². The SMILES string of the molecule is B[C@@H]1[C@@H](C)C(=O)[C@@H](C)C(=O)O[C@H](CC)[C@@]2(C)OC(=O)N(CCCCn3cc(-c4nnc(N)s4)nn3)[C@@H]2[C@@H](C)NC[C@H](C)C[C@@]1(C)OC. The van der Waals surface area contributed by atoms with Crippen molar-refractivity contribution in [3.05, 3.63) is 6.20 Å². The minimum atomic E-state index is -1.15. The van der Waals surface area contributed by atoms with E-state index in [1.807, 2.05) is 42.5 Å². The highest BCUT2D eigenvalue weighted by molar-refractivity contribution is 7.18. The molecule has 4 rings (SSSR count). The standard InChI is InChI=1S/C31H51BN8O6S/c1-9-22-31(7)25(40(29(43)46-31)13-11-10-12-39-16-21(35-38-39)26-36-37-28(33)47-26)20(5)34-15-17(2)14-30(6,44-8)24(32)18(3)23(41)19(4)27(42)45-22/h16-20,22,24-25,34H,9-15,32H2,1-8H3,(H2,33,37)/t17-,18+,19-,20-,22-,24-,25-,30-,31-/m1/s1. The molecule has 260 valence electrons. The summed E-state index contributed by atoms with van der Waals surface area (Å²) in [5.41, 5.74) is 4.57. The second-order valence-electron chi connectivity index (χ2n) is 13.8. The van der Waals surface area contributed by atoms with Crippen molar-refractivity contribution >= 4 is 42.2 Å². The largest absolute Gasteiger partial charge is 0.458 e. The van der Waals surface area contributed by atoms with Crippen LogP contribution in [0.2, 0.25) is 5.82 Å². The molecule has 2 aromatic heterocycles. The number of carbonyl (C=O) groups excluding carboxylic acids is 3. The van der Waals surface area contributed by atoms with E-state index in [1.54, 1.807) is 29.8 Å². The van der Waals surface area contributed by atoms with Crippen LogP contribution in [0.25, 0.3) is 10.7 Å². The monoisotopic (exact) mass is 674 g/mol. The Hall–Kier alpha value is -3.11. The first kappa shape index (κ1) is 36.7. The Labute approximate surface area is 282 Å². The van der Waals surface area contributed by atoms with Crippen LogP contribution in [-0.2, 0) is 30.3 Å². The summed E-state index contributed by atoms with van der Waals surface area (Å²) in [6.45, 7) is 15.1. The summed E-state index contributed by atoms with van der Waals surface area (Å²) >= 11 is 1.25. The Morgan fingerprint density at radius 1 is 1.13 bits per heavy atom. The molecule has 2 aromatic rings. The van der Waals surface area contributed by atoms with Crippen molar-refractivity contribution in [3.8, 4) is 10.7 Å². The van der Waals surface area contributed by atoms with Gasteiger partial charge in [-0.1, -0.05) is 37.3 Å². The molecule has 9 atom stereocenters. The minimum absolute atomic E-state index is 0.136. The molecule has 0 radical (unpaired) electrons. The van der Waals surface area contributed by atoms with Crippen molar-refractivity contribution in [1.29, 1.82) is 0 Å². The third-order valence-corrected chi connectivity index (χ3v) is 11.2. The number of anilines is 1. The van der Waals surface area contributed by atoms with E-state index >= 15 is 0 Å². The van der Waals surface area contributed by atoms with Crippen LogP contribution in [0.5, 0.6) is 0 Å². The number of hydrogen-bond donors (Lipinski definition) is 2. The zero-order valence-electron chi connectivity index (χ0n) is 29.2. The smallest absolute Gasteiger partial charge is 0.410 e. The highest BCUT2D eigenvalue weighted by atomic mass is 32.1. The number of ketones is 1. The molecule has 0 saturated carbocycles. The highest BCUT2D eigenvalue weighted by Crippen LogP contribution is 2.40. The maximum Gasteiger partial charge on any atom is 0.410 e. The number of unbranched alkanes of at least 4 members (excludes halogenated alkanes) is 1. The van der Waals surface area contributed by atoms with Gasteiger partial charge < -0.3 is 25.3 Å². The van der Waals surface area contributed by atoms with Crippen molar-refractivity contribution in [2.24, 2.45) is 17.8 Å². The zero-order chi connectivity index (χ0) is 34.7. The number of fused-ring (bicyclic) bond motifs is 1. The zero-order valence-corrected chi connectivity index (χ0v) is 30.0. The molecular formula is C31H51BN8O6S. The number of ether oxygens (including phenoxy) is 3. The fraction of sp³-hybridized carbons (Fsp3) is 0.774. The number of Topliss-reactive ketones (excluding diaryl/α,β-unsaturated/α-hetero) is 1. The maximum absolute atomic E-state index is 13.6. The number of aryl methyl sites for hydroxylation is 1. The molecule has 0 bridgehead atoms. The minimum Gasteiger partial charge on any atom is -0.458 e. The number of cyclic esters (lactones) is 1. The first-order chi connectivity index (χ1) is 22.1. The van der Waals surface area contributed by atoms with Gasteiger partial charge in [-0.2, -0.15) is 0 Å². The van der Waals surface area contributed by atoms with Gasteiger partial charge in [-0.25, -0.2) is 4.79 Å². The van der Waals surface area contributed by atoms with Crippen LogP contribution in [0.15, 0.2) is 6.20 Å². The van der Waals surface area contributed by atoms with E-state index in [4.69, 9.17) is 19.9 Å². The molecule has 0 aromatic carbocycles. The second kappa shape index (κ2) is 15.0. The fourth-order valence-electron chi connectivity index (χ4n) is 7.23. The third kappa shape index (κ3) is 7.80. The molecule has 3 N–H and O–H groups in total. The van der Waals surface area contributed by atoms with Crippen molar-refractivity contribution < 1.29 is 28.6 Å². The lowest BCUT2D eigenvalue weighted by Gasteiger charge is -2.41. The van der Waals surface area contributed by atoms with Gasteiger partial charge in [-0.15, -0.1) is 15.3 Å². The van der Waals surface area contributed by atoms with E-state index in [9.17, 15) is 14.4 Å². The van der Waals surface area contributed by atoms with Gasteiger partial charge in [-0.05, 0) is 71.7 Å². The molecule has 0 unspecified atom stereocenters. The predicted octanol–water partition coefficient (Wildman–Crippen LogP) is 2.75. The number of carbonyl (C=O) groups is 3. The van der Waals surface area contributed by atoms with Crippen LogP contribution < -0.4 is 11.1 Å². The van der Waals surface area contributed by atoms with Crippen LogP contribution in [0.4, 0.5) is 9.93 Å². The predicted molar refractivity (Wildman–Crippen MR) is 180 cm³/mol. The van der Waals surface area contributed by atoms with Crippen molar-refractivity contribution in [2.45, 2.75) is 116 Å². The number of rotatable bonds is 8. The van der Waals surface area contributed by atoms with Crippen LogP contribution >= 0.6 is 11.3 Å². The summed E-state index contributed by atoms with van der Waals surface area (Å²) in [5, 5.41) is 20.9. The average molecular weight is 675 g/mol. The molecule has 47 heavy (non-hydrogen) atoms. The summed E-state index contributed by atoms with van der Waals surface area (Å²) in [6, 6.07) is -0.642. The Balaban J connectivity index is 1.54. The molecule has 2 aliphatic rings. The van der Waals surface area contributed by atoms with Crippen LogP contribution in [0.3, 0.4) is 0 Å². The first-order valence-corrected chi connectivity index (χ1v) is 17.5. The maximum atomic E-state index is 13.6. The van der Waals surface area contributed by atoms with E-state index in [0.29, 0.717) is 54.7 Å². The number of nitrogen functional groups attached to an aromatic ring is 1. The Morgan fingerprint density at radius 2 is 1.83 bits per heavy atom. The van der Waals surface area contributed by atoms with E-state index < -0.39 is 47.2 Å². The topological polar surface area (TPSA) is 177 Å². The van der Waals surface area contributed by atoms with Crippen molar-refractivity contribution in [2.75, 3.05) is 25.9 Å². The number of hydrogen-bond acceptors (Lipinski definition) is 13. The Bertz CT molecular complexity index is 1410. The molecule has 14 nitrogen and oxygen atoms in total. The van der Waals surface area contributed by atoms with Crippen LogP contribution in [0.1, 0.15) is 74.1 Å². The number of amides is 1. The van der Waals surface area contributed by atoms with Gasteiger partial charge in [-0.3, -0.25) is 19.2 Å². The molecular weight excluding hydrogens is 623 g/mol. The van der Waals surface area contributed by atoms with Gasteiger partial charge in [0.1, 0.15) is 31.3 Å². The Morgan fingerprint density at radius 3 is 2.47 bits per heavy atom. The molecule has 2 saturated heterocycles. The number of aromatic nitrogens is 5. The summed E-state index contributed by atoms with van der Waals surface area (Å²) < 4.78 is 20.0. The average Bonchev–Trinajstić information content (AvgIpc) is 3.76. The summed E-state index contributed by atoms with van der Waals surface area (Å²) in [5.74, 6) is -2.14. The Kier molecular flexibility index (Phi) is 11.7. The van der Waals surface area contributed by atoms with Crippen molar-refractivity contribution in [1.82, 2.24) is 35.4 Å². The molecule has 1 amide bonds. The summed E-state index contributed by atoms with van der Waals surface area (Å²) in [6.07, 6.45) is 3.11. The van der Waals surface area contributed by atoms with Gasteiger partial charge in [0.05, 0.1) is 17.8 Å². The summed E-state index contributed by atoms with van der Waals surface area (Å²) in [4.78, 5) is 42.4. The van der Waals surface area contributed by atoms with Crippen LogP contribution in [0, 0.1) is 17.8 Å². The lowest BCUT2D eigenvalue weighted by molar-refractivity contribution is -0.170. The van der Waals surface area contributed by atoms with Gasteiger partial charge in [0.25, 0.3) is 0 Å². The molecule has 0 spiro atoms. The lowest BCUT2D eigenvalue weighted by Crippen LogP contribution is -2.61. The van der Waals surface area contributed by atoms with Gasteiger partial charge in [0, 0.05) is 32.2 Å².